The number of aromatic nitrogens is 1. The Kier molecular flexibility index (Phi) is 8.50. The van der Waals surface area contributed by atoms with Gasteiger partial charge in [-0.25, -0.2) is 9.18 Å². The molecule has 0 aliphatic carbocycles. The minimum atomic E-state index is -0.808. The topological polar surface area (TPSA) is 88.7 Å². The van der Waals surface area contributed by atoms with Crippen LogP contribution in [0.25, 0.3) is 0 Å². The summed E-state index contributed by atoms with van der Waals surface area (Å²) in [4.78, 5) is 43.1. The zero-order valence-electron chi connectivity index (χ0n) is 18.6. The van der Waals surface area contributed by atoms with Crippen LogP contribution in [-0.4, -0.2) is 60.5 Å². The molecule has 0 saturated heterocycles. The van der Waals surface area contributed by atoms with E-state index < -0.39 is 17.8 Å². The number of rotatable bonds is 10. The van der Waals surface area contributed by atoms with Crippen LogP contribution in [0.1, 0.15) is 62.7 Å². The zero-order valence-corrected chi connectivity index (χ0v) is 18.6. The maximum Gasteiger partial charge on any atom is 0.355 e. The molecule has 0 radical (unpaired) electrons. The number of aryl methyl sites for hydroxylation is 1. The molecule has 1 N–H and O–H groups in total. The fourth-order valence-corrected chi connectivity index (χ4v) is 3.49. The first-order chi connectivity index (χ1) is 14.7. The Morgan fingerprint density at radius 3 is 2.39 bits per heavy atom. The molecule has 1 amide bonds. The average Bonchev–Trinajstić information content (AvgIpc) is 3.04. The molecule has 0 fully saturated rings. The Labute approximate surface area is 181 Å². The van der Waals surface area contributed by atoms with Gasteiger partial charge in [0.2, 0.25) is 0 Å². The van der Waals surface area contributed by atoms with Crippen LogP contribution in [0.4, 0.5) is 4.39 Å². The molecule has 1 atom stereocenters. The van der Waals surface area contributed by atoms with Crippen LogP contribution in [-0.2, 0) is 9.47 Å². The molecule has 2 rings (SSSR count). The molecule has 1 aromatic carbocycles. The summed E-state index contributed by atoms with van der Waals surface area (Å²) in [5, 5.41) is 0. The molecular weight excluding hydrogens is 403 g/mol. The number of hydrogen-bond acceptors (Lipinski definition) is 5. The minimum absolute atomic E-state index is 0.218. The van der Waals surface area contributed by atoms with Gasteiger partial charge >= 0.3 is 5.97 Å². The Balaban J connectivity index is 2.36. The van der Waals surface area contributed by atoms with Crippen molar-refractivity contribution in [3.05, 3.63) is 58.2 Å². The molecule has 168 valence electrons. The van der Waals surface area contributed by atoms with Crippen LogP contribution in [0, 0.1) is 19.7 Å². The van der Waals surface area contributed by atoms with Crippen LogP contribution in [0.3, 0.4) is 0 Å². The average molecular weight is 432 g/mol. The molecule has 7 nitrogen and oxygen atoms in total. The van der Waals surface area contributed by atoms with Crippen molar-refractivity contribution in [3.8, 4) is 0 Å². The summed E-state index contributed by atoms with van der Waals surface area (Å²) < 4.78 is 23.4. The molecule has 1 unspecified atom stereocenters. The maximum absolute atomic E-state index is 13.4. The number of hydrogen-bond donors (Lipinski definition) is 1. The van der Waals surface area contributed by atoms with Crippen LogP contribution >= 0.6 is 0 Å². The van der Waals surface area contributed by atoms with Gasteiger partial charge in [0.05, 0.1) is 12.6 Å². The first-order valence-electron chi connectivity index (χ1n) is 10.2. The normalized spacial score (nSPS) is 11.8. The van der Waals surface area contributed by atoms with E-state index in [2.05, 4.69) is 4.98 Å². The summed E-state index contributed by atoms with van der Waals surface area (Å²) in [5.74, 6) is -1.66. The number of esters is 1. The predicted molar refractivity (Wildman–Crippen MR) is 114 cm³/mol. The number of nitrogens with one attached hydrogen (secondary N) is 1. The number of nitrogens with zero attached hydrogens (tertiary/aromatic N) is 1. The number of halogens is 1. The third-order valence-corrected chi connectivity index (χ3v) is 5.11. The predicted octanol–water partition coefficient (Wildman–Crippen LogP) is 3.70. The number of Topliss-reactive ketones (excluding diaryl/α,β-unsaturated/α-hetero) is 1. The second-order valence-electron chi connectivity index (χ2n) is 7.24. The highest BCUT2D eigenvalue weighted by molar-refractivity contribution is 6.07. The standard InChI is InChI=1S/C23H29FN2O5/c1-6-31-23(29)20-14(2)19(15(3)25-20)21(27)16(4)26(12-7-13-30-5)22(28)17-8-10-18(24)11-9-17/h8-11,16,25H,6-7,12-13H2,1-5H3. The van der Waals surface area contributed by atoms with Crippen molar-refractivity contribution in [2.45, 2.75) is 40.2 Å². The minimum Gasteiger partial charge on any atom is -0.461 e. The van der Waals surface area contributed by atoms with E-state index >= 15 is 0 Å². The first-order valence-corrected chi connectivity index (χ1v) is 10.2. The van der Waals surface area contributed by atoms with E-state index in [4.69, 9.17) is 9.47 Å². The molecular formula is C23H29FN2O5. The summed E-state index contributed by atoms with van der Waals surface area (Å²) in [6.07, 6.45) is 0.528. The van der Waals surface area contributed by atoms with Crippen molar-refractivity contribution >= 4 is 17.7 Å². The van der Waals surface area contributed by atoms with Crippen molar-refractivity contribution in [1.82, 2.24) is 9.88 Å². The van der Waals surface area contributed by atoms with Gasteiger partial charge in [0.15, 0.2) is 5.78 Å². The number of carbonyl (C=O) groups excluding carboxylic acids is 3. The molecule has 0 bridgehead atoms. The molecule has 2 aromatic rings. The van der Waals surface area contributed by atoms with Gasteiger partial charge in [-0.05, 0) is 63.9 Å². The van der Waals surface area contributed by atoms with Crippen molar-refractivity contribution in [3.63, 3.8) is 0 Å². The van der Waals surface area contributed by atoms with Gasteiger partial charge in [0, 0.05) is 37.1 Å². The lowest BCUT2D eigenvalue weighted by Gasteiger charge is -2.29. The Morgan fingerprint density at radius 2 is 1.81 bits per heavy atom. The van der Waals surface area contributed by atoms with Crippen LogP contribution in [0.2, 0.25) is 0 Å². The first kappa shape index (κ1) is 24.3. The van der Waals surface area contributed by atoms with Crippen molar-refractivity contribution in [2.24, 2.45) is 0 Å². The highest BCUT2D eigenvalue weighted by Crippen LogP contribution is 2.23. The summed E-state index contributed by atoms with van der Waals surface area (Å²) in [6, 6.07) is 4.39. The molecule has 8 heteroatoms. The molecule has 1 aromatic heterocycles. The maximum atomic E-state index is 13.4. The van der Waals surface area contributed by atoms with Crippen molar-refractivity contribution in [2.75, 3.05) is 26.9 Å². The number of methoxy groups -OCH3 is 1. The zero-order chi connectivity index (χ0) is 23.1. The lowest BCUT2D eigenvalue weighted by molar-refractivity contribution is 0.0518. The molecule has 0 spiro atoms. The summed E-state index contributed by atoms with van der Waals surface area (Å²) in [5.41, 5.74) is 1.89. The van der Waals surface area contributed by atoms with Crippen molar-refractivity contribution in [1.29, 1.82) is 0 Å². The van der Waals surface area contributed by atoms with E-state index in [9.17, 15) is 18.8 Å². The number of aromatic amines is 1. The van der Waals surface area contributed by atoms with Gasteiger partial charge in [-0.15, -0.1) is 0 Å². The smallest absolute Gasteiger partial charge is 0.355 e. The van der Waals surface area contributed by atoms with E-state index in [1.165, 1.54) is 29.2 Å². The monoisotopic (exact) mass is 432 g/mol. The summed E-state index contributed by atoms with van der Waals surface area (Å²) in [7, 11) is 1.56. The number of ketones is 1. The lowest BCUT2D eigenvalue weighted by Crippen LogP contribution is -2.44. The van der Waals surface area contributed by atoms with Gasteiger partial charge in [-0.3, -0.25) is 9.59 Å². The highest BCUT2D eigenvalue weighted by Gasteiger charge is 2.31. The molecule has 1 heterocycles. The fraction of sp³-hybridized carbons (Fsp3) is 0.435. The van der Waals surface area contributed by atoms with Crippen molar-refractivity contribution < 1.29 is 28.2 Å². The number of ether oxygens (including phenoxy) is 2. The Morgan fingerprint density at radius 1 is 1.16 bits per heavy atom. The van der Waals surface area contributed by atoms with Gasteiger partial charge < -0.3 is 19.4 Å². The number of carbonyl (C=O) groups is 3. The number of H-pyrrole nitrogens is 1. The van der Waals surface area contributed by atoms with E-state index in [0.29, 0.717) is 29.8 Å². The largest absolute Gasteiger partial charge is 0.461 e. The fourth-order valence-electron chi connectivity index (χ4n) is 3.49. The quantitative estimate of drug-likeness (QED) is 0.351. The lowest BCUT2D eigenvalue weighted by atomic mass is 9.99. The van der Waals surface area contributed by atoms with Gasteiger partial charge in [0.1, 0.15) is 11.5 Å². The SMILES string of the molecule is CCOC(=O)c1[nH]c(C)c(C(=O)C(C)N(CCCOC)C(=O)c2ccc(F)cc2)c1C. The van der Waals surface area contributed by atoms with E-state index in [-0.39, 0.29) is 36.1 Å². The molecule has 0 aliphatic rings. The van der Waals surface area contributed by atoms with Gasteiger partial charge in [0.25, 0.3) is 5.91 Å². The van der Waals surface area contributed by atoms with Crippen LogP contribution in [0.5, 0.6) is 0 Å². The number of amides is 1. The summed E-state index contributed by atoms with van der Waals surface area (Å²) in [6.45, 7) is 7.64. The Bertz CT molecular complexity index is 936. The van der Waals surface area contributed by atoms with Gasteiger partial charge in [-0.1, -0.05) is 0 Å². The molecule has 0 saturated carbocycles. The van der Waals surface area contributed by atoms with E-state index in [1.54, 1.807) is 34.8 Å². The second-order valence-corrected chi connectivity index (χ2v) is 7.24. The van der Waals surface area contributed by atoms with Crippen LogP contribution < -0.4 is 0 Å². The van der Waals surface area contributed by atoms with Crippen LogP contribution in [0.15, 0.2) is 24.3 Å². The summed E-state index contributed by atoms with van der Waals surface area (Å²) >= 11 is 0. The second kappa shape index (κ2) is 10.9. The van der Waals surface area contributed by atoms with E-state index in [1.807, 2.05) is 0 Å². The molecule has 0 aliphatic heterocycles. The van der Waals surface area contributed by atoms with Gasteiger partial charge in [-0.2, -0.15) is 0 Å². The highest BCUT2D eigenvalue weighted by atomic mass is 19.1. The third-order valence-electron chi connectivity index (χ3n) is 5.11. The third kappa shape index (κ3) is 5.58. The number of benzene rings is 1. The Hall–Kier alpha value is -3.00. The molecule has 31 heavy (non-hydrogen) atoms. The van der Waals surface area contributed by atoms with E-state index in [0.717, 1.165) is 0 Å².